The molecule has 0 fully saturated rings. The number of benzene rings is 1. The summed E-state index contributed by atoms with van der Waals surface area (Å²) in [4.78, 5) is 0.414. The Labute approximate surface area is 173 Å². The molecule has 0 unspecified atom stereocenters. The Morgan fingerprint density at radius 1 is 1.11 bits per heavy atom. The van der Waals surface area contributed by atoms with E-state index in [0.717, 1.165) is 39.8 Å². The van der Waals surface area contributed by atoms with Crippen molar-refractivity contribution in [3.05, 3.63) is 34.1 Å². The van der Waals surface area contributed by atoms with Gasteiger partial charge in [0.15, 0.2) is 5.16 Å². The van der Waals surface area contributed by atoms with Crippen LogP contribution in [0.25, 0.3) is 0 Å². The molecule has 1 aromatic heterocycles. The Morgan fingerprint density at radius 2 is 1.71 bits per heavy atom. The third-order valence-corrected chi connectivity index (χ3v) is 7.36. The molecule has 8 heteroatoms. The second-order valence-corrected chi connectivity index (χ2v) is 10.2. The highest BCUT2D eigenvalue weighted by atomic mass is 32.2. The van der Waals surface area contributed by atoms with Crippen molar-refractivity contribution in [1.29, 1.82) is 0 Å². The van der Waals surface area contributed by atoms with Crippen molar-refractivity contribution in [2.75, 3.05) is 12.8 Å². The molecule has 0 saturated heterocycles. The molecule has 0 aliphatic carbocycles. The topological polar surface area (TPSA) is 76.9 Å². The van der Waals surface area contributed by atoms with Gasteiger partial charge >= 0.3 is 0 Å². The van der Waals surface area contributed by atoms with E-state index in [9.17, 15) is 8.42 Å². The van der Waals surface area contributed by atoms with Crippen LogP contribution in [0.15, 0.2) is 16.1 Å². The molecule has 1 aromatic carbocycles. The van der Waals surface area contributed by atoms with Gasteiger partial charge in [-0.05, 0) is 68.5 Å². The highest BCUT2D eigenvalue weighted by Crippen LogP contribution is 2.26. The van der Waals surface area contributed by atoms with E-state index in [2.05, 4.69) is 33.3 Å². The van der Waals surface area contributed by atoms with Crippen LogP contribution in [-0.2, 0) is 23.0 Å². The van der Waals surface area contributed by atoms with Crippen molar-refractivity contribution in [3.8, 4) is 0 Å². The van der Waals surface area contributed by atoms with Crippen molar-refractivity contribution < 1.29 is 8.42 Å². The summed E-state index contributed by atoms with van der Waals surface area (Å²) in [7, 11) is -3.55. The molecule has 28 heavy (non-hydrogen) atoms. The standard InChI is InChI=1S/C20H32N4O2S2/c1-13(2)12-24-18(22-23-20(24)27-7)9-8-10-21-28(25,26)19-16(5)14(3)11-15(4)17(19)6/h11,13,21H,8-10,12H2,1-7H3. The maximum Gasteiger partial charge on any atom is 0.241 e. The number of sulfonamides is 1. The first-order chi connectivity index (χ1) is 13.1. The number of thioether (sulfide) groups is 1. The summed E-state index contributed by atoms with van der Waals surface area (Å²) in [6.07, 6.45) is 3.35. The minimum atomic E-state index is -3.55. The normalized spacial score (nSPS) is 12.1. The van der Waals surface area contributed by atoms with Gasteiger partial charge in [0.05, 0.1) is 4.90 Å². The van der Waals surface area contributed by atoms with E-state index in [1.54, 1.807) is 11.8 Å². The predicted molar refractivity (Wildman–Crippen MR) is 116 cm³/mol. The summed E-state index contributed by atoms with van der Waals surface area (Å²) in [6, 6.07) is 2.04. The van der Waals surface area contributed by atoms with Gasteiger partial charge in [-0.1, -0.05) is 31.7 Å². The fourth-order valence-electron chi connectivity index (χ4n) is 3.31. The van der Waals surface area contributed by atoms with Gasteiger partial charge in [-0.2, -0.15) is 0 Å². The lowest BCUT2D eigenvalue weighted by Gasteiger charge is -2.16. The van der Waals surface area contributed by atoms with Gasteiger partial charge in [0.1, 0.15) is 5.82 Å². The lowest BCUT2D eigenvalue weighted by Crippen LogP contribution is -2.27. The van der Waals surface area contributed by atoms with Crippen molar-refractivity contribution in [1.82, 2.24) is 19.5 Å². The Morgan fingerprint density at radius 3 is 2.25 bits per heavy atom. The number of hydrogen-bond acceptors (Lipinski definition) is 5. The van der Waals surface area contributed by atoms with Gasteiger partial charge in [0.2, 0.25) is 10.0 Å². The zero-order chi connectivity index (χ0) is 21.1. The van der Waals surface area contributed by atoms with E-state index >= 15 is 0 Å². The average molecular weight is 425 g/mol. The fourth-order valence-corrected chi connectivity index (χ4v) is 5.52. The summed E-state index contributed by atoms with van der Waals surface area (Å²) in [5.41, 5.74) is 3.62. The van der Waals surface area contributed by atoms with Gasteiger partial charge in [-0.15, -0.1) is 10.2 Å². The van der Waals surface area contributed by atoms with E-state index in [1.807, 2.05) is 40.0 Å². The number of nitrogens with zero attached hydrogens (tertiary/aromatic N) is 3. The largest absolute Gasteiger partial charge is 0.306 e. The molecule has 0 aliphatic heterocycles. The van der Waals surface area contributed by atoms with Crippen LogP contribution in [0.4, 0.5) is 0 Å². The zero-order valence-electron chi connectivity index (χ0n) is 18.0. The van der Waals surface area contributed by atoms with Crippen molar-refractivity contribution in [2.45, 2.75) is 71.0 Å². The molecule has 0 bridgehead atoms. The van der Waals surface area contributed by atoms with Crippen LogP contribution in [0, 0.1) is 33.6 Å². The predicted octanol–water partition coefficient (Wildman–Crippen LogP) is 3.80. The first-order valence-electron chi connectivity index (χ1n) is 9.61. The number of hydrogen-bond donors (Lipinski definition) is 1. The number of nitrogens with one attached hydrogen (secondary N) is 1. The molecule has 0 amide bonds. The minimum absolute atomic E-state index is 0.372. The van der Waals surface area contributed by atoms with Gasteiger partial charge in [0.25, 0.3) is 0 Å². The number of aryl methyl sites for hydroxylation is 3. The minimum Gasteiger partial charge on any atom is -0.306 e. The molecule has 0 aliphatic rings. The Kier molecular flexibility index (Phi) is 7.70. The van der Waals surface area contributed by atoms with Crippen LogP contribution in [0.5, 0.6) is 0 Å². The van der Waals surface area contributed by atoms with Crippen molar-refractivity contribution >= 4 is 21.8 Å². The van der Waals surface area contributed by atoms with Gasteiger partial charge < -0.3 is 4.57 Å². The van der Waals surface area contributed by atoms with Crippen LogP contribution in [-0.4, -0.2) is 36.0 Å². The van der Waals surface area contributed by atoms with E-state index in [4.69, 9.17) is 0 Å². The highest BCUT2D eigenvalue weighted by Gasteiger charge is 2.21. The molecule has 156 valence electrons. The number of rotatable bonds is 9. The van der Waals surface area contributed by atoms with Crippen LogP contribution >= 0.6 is 11.8 Å². The molecule has 6 nitrogen and oxygen atoms in total. The smallest absolute Gasteiger partial charge is 0.241 e. The lowest BCUT2D eigenvalue weighted by atomic mass is 10.0. The van der Waals surface area contributed by atoms with Crippen molar-refractivity contribution in [3.63, 3.8) is 0 Å². The second-order valence-electron chi connectivity index (χ2n) is 7.70. The SMILES string of the molecule is CSc1nnc(CCCNS(=O)(=O)c2c(C)c(C)cc(C)c2C)n1CC(C)C. The summed E-state index contributed by atoms with van der Waals surface area (Å²) < 4.78 is 30.7. The average Bonchev–Trinajstić information content (AvgIpc) is 2.98. The first kappa shape index (κ1) is 22.9. The Bertz CT molecular complexity index is 908. The second kappa shape index (κ2) is 9.41. The quantitative estimate of drug-likeness (QED) is 0.489. The molecular weight excluding hydrogens is 392 g/mol. The van der Waals surface area contributed by atoms with Gasteiger partial charge in [-0.3, -0.25) is 0 Å². The zero-order valence-corrected chi connectivity index (χ0v) is 19.6. The van der Waals surface area contributed by atoms with E-state index in [1.165, 1.54) is 0 Å². The molecule has 0 saturated carbocycles. The van der Waals surface area contributed by atoms with Crippen molar-refractivity contribution in [2.24, 2.45) is 5.92 Å². The van der Waals surface area contributed by atoms with Gasteiger partial charge in [0, 0.05) is 19.5 Å². The Balaban J connectivity index is 2.08. The van der Waals surface area contributed by atoms with Crippen LogP contribution < -0.4 is 4.72 Å². The van der Waals surface area contributed by atoms with Crippen LogP contribution in [0.1, 0.15) is 48.3 Å². The summed E-state index contributed by atoms with van der Waals surface area (Å²) in [6.45, 7) is 13.2. The fraction of sp³-hybridized carbons (Fsp3) is 0.600. The first-order valence-corrected chi connectivity index (χ1v) is 12.3. The molecule has 0 atom stereocenters. The third kappa shape index (κ3) is 5.15. The number of aromatic nitrogens is 3. The molecule has 2 rings (SSSR count). The van der Waals surface area contributed by atoms with E-state index < -0.39 is 10.0 Å². The molecule has 0 radical (unpaired) electrons. The maximum absolute atomic E-state index is 12.9. The molecular formula is C20H32N4O2S2. The lowest BCUT2D eigenvalue weighted by molar-refractivity contribution is 0.477. The molecule has 2 aromatic rings. The monoisotopic (exact) mass is 424 g/mol. The summed E-state index contributed by atoms with van der Waals surface area (Å²) in [5.74, 6) is 1.41. The van der Waals surface area contributed by atoms with E-state index in [0.29, 0.717) is 30.2 Å². The highest BCUT2D eigenvalue weighted by molar-refractivity contribution is 7.98. The third-order valence-electron chi connectivity index (χ3n) is 4.96. The molecule has 1 heterocycles. The molecule has 1 N–H and O–H groups in total. The van der Waals surface area contributed by atoms with Crippen LogP contribution in [0.3, 0.4) is 0 Å². The van der Waals surface area contributed by atoms with Crippen LogP contribution in [0.2, 0.25) is 0 Å². The summed E-state index contributed by atoms with van der Waals surface area (Å²) >= 11 is 1.58. The molecule has 0 spiro atoms. The Hall–Kier alpha value is -1.38. The van der Waals surface area contributed by atoms with Gasteiger partial charge in [-0.25, -0.2) is 13.1 Å². The maximum atomic E-state index is 12.9. The van der Waals surface area contributed by atoms with E-state index in [-0.39, 0.29) is 0 Å². The summed E-state index contributed by atoms with van der Waals surface area (Å²) in [5, 5.41) is 9.45.